The summed E-state index contributed by atoms with van der Waals surface area (Å²) in [5.74, 6) is 1.74. The standard InChI is InChI=1S/C11H14N4O/c1-6(2)10-13-11(15-14-10)7-3-4-8(12)9(16)5-7/h3-6,16H,12H2,1-2H3,(H,13,14,15). The lowest BCUT2D eigenvalue weighted by Crippen LogP contribution is -1.89. The van der Waals surface area contributed by atoms with Crippen LogP contribution in [0.1, 0.15) is 25.6 Å². The van der Waals surface area contributed by atoms with Crippen molar-refractivity contribution >= 4 is 5.69 Å². The summed E-state index contributed by atoms with van der Waals surface area (Å²) in [7, 11) is 0. The van der Waals surface area contributed by atoms with Gasteiger partial charge in [-0.2, -0.15) is 5.10 Å². The Kier molecular flexibility index (Phi) is 2.52. The number of hydrogen-bond donors (Lipinski definition) is 3. The predicted molar refractivity (Wildman–Crippen MR) is 62.0 cm³/mol. The second-order valence-electron chi connectivity index (χ2n) is 3.97. The molecule has 0 bridgehead atoms. The van der Waals surface area contributed by atoms with Crippen LogP contribution in [-0.2, 0) is 0 Å². The highest BCUT2D eigenvalue weighted by Crippen LogP contribution is 2.26. The molecule has 0 aliphatic carbocycles. The second-order valence-corrected chi connectivity index (χ2v) is 3.97. The lowest BCUT2D eigenvalue weighted by Gasteiger charge is -2.00. The highest BCUT2D eigenvalue weighted by molar-refractivity contribution is 5.64. The van der Waals surface area contributed by atoms with Crippen molar-refractivity contribution in [3.63, 3.8) is 0 Å². The Morgan fingerprint density at radius 3 is 2.69 bits per heavy atom. The van der Waals surface area contributed by atoms with E-state index in [0.717, 1.165) is 11.4 Å². The molecule has 0 aliphatic heterocycles. The number of hydrogen-bond acceptors (Lipinski definition) is 4. The fourth-order valence-corrected chi connectivity index (χ4v) is 1.34. The maximum absolute atomic E-state index is 9.49. The van der Waals surface area contributed by atoms with Gasteiger partial charge in [0.05, 0.1) is 5.69 Å². The molecular formula is C11H14N4O. The topological polar surface area (TPSA) is 87.8 Å². The minimum absolute atomic E-state index is 0.0494. The first-order valence-electron chi connectivity index (χ1n) is 5.09. The summed E-state index contributed by atoms with van der Waals surface area (Å²) in [6, 6.07) is 4.97. The smallest absolute Gasteiger partial charge is 0.181 e. The lowest BCUT2D eigenvalue weighted by molar-refractivity contribution is 0.478. The van der Waals surface area contributed by atoms with Crippen LogP contribution in [0.25, 0.3) is 11.4 Å². The number of H-pyrrole nitrogens is 1. The van der Waals surface area contributed by atoms with E-state index in [4.69, 9.17) is 5.73 Å². The van der Waals surface area contributed by atoms with E-state index in [1.165, 1.54) is 0 Å². The van der Waals surface area contributed by atoms with E-state index in [1.807, 2.05) is 13.8 Å². The first-order chi connectivity index (χ1) is 7.58. The third-order valence-corrected chi connectivity index (χ3v) is 2.34. The van der Waals surface area contributed by atoms with Gasteiger partial charge in [0.1, 0.15) is 11.6 Å². The van der Waals surface area contributed by atoms with Gasteiger partial charge in [-0.25, -0.2) is 4.98 Å². The third-order valence-electron chi connectivity index (χ3n) is 2.34. The number of aromatic nitrogens is 3. The van der Waals surface area contributed by atoms with Crippen molar-refractivity contribution < 1.29 is 5.11 Å². The Labute approximate surface area is 93.3 Å². The van der Waals surface area contributed by atoms with Crippen molar-refractivity contribution in [2.75, 3.05) is 5.73 Å². The number of nitrogens with two attached hydrogens (primary N) is 1. The average molecular weight is 218 g/mol. The van der Waals surface area contributed by atoms with E-state index in [0.29, 0.717) is 17.4 Å². The predicted octanol–water partition coefficient (Wildman–Crippen LogP) is 1.88. The average Bonchev–Trinajstić information content (AvgIpc) is 2.71. The Morgan fingerprint density at radius 1 is 1.38 bits per heavy atom. The minimum Gasteiger partial charge on any atom is -0.506 e. The van der Waals surface area contributed by atoms with Crippen LogP contribution in [0, 0.1) is 0 Å². The highest BCUT2D eigenvalue weighted by atomic mass is 16.3. The number of phenols is 1. The highest BCUT2D eigenvalue weighted by Gasteiger charge is 2.09. The van der Waals surface area contributed by atoms with Crippen LogP contribution in [0.4, 0.5) is 5.69 Å². The number of rotatable bonds is 2. The summed E-state index contributed by atoms with van der Waals surface area (Å²) in [6.45, 7) is 4.06. The Morgan fingerprint density at radius 2 is 2.12 bits per heavy atom. The summed E-state index contributed by atoms with van der Waals surface area (Å²) < 4.78 is 0. The van der Waals surface area contributed by atoms with E-state index in [-0.39, 0.29) is 5.75 Å². The molecule has 5 nitrogen and oxygen atoms in total. The molecule has 2 rings (SSSR count). The summed E-state index contributed by atoms with van der Waals surface area (Å²) in [5.41, 5.74) is 6.62. The Bertz CT molecular complexity index is 504. The molecule has 0 fully saturated rings. The van der Waals surface area contributed by atoms with Crippen LogP contribution < -0.4 is 5.73 Å². The lowest BCUT2D eigenvalue weighted by atomic mass is 10.2. The fraction of sp³-hybridized carbons (Fsp3) is 0.273. The Balaban J connectivity index is 2.39. The first-order valence-corrected chi connectivity index (χ1v) is 5.09. The summed E-state index contributed by atoms with van der Waals surface area (Å²) in [4.78, 5) is 4.33. The monoisotopic (exact) mass is 218 g/mol. The molecule has 4 N–H and O–H groups in total. The van der Waals surface area contributed by atoms with Gasteiger partial charge in [-0.15, -0.1) is 0 Å². The fourth-order valence-electron chi connectivity index (χ4n) is 1.34. The molecule has 0 atom stereocenters. The van der Waals surface area contributed by atoms with Crippen molar-refractivity contribution in [2.45, 2.75) is 19.8 Å². The van der Waals surface area contributed by atoms with Gasteiger partial charge in [-0.05, 0) is 18.2 Å². The number of nitrogens with one attached hydrogen (secondary N) is 1. The molecular weight excluding hydrogens is 204 g/mol. The summed E-state index contributed by atoms with van der Waals surface area (Å²) in [5, 5.41) is 16.4. The molecule has 1 aromatic heterocycles. The van der Waals surface area contributed by atoms with E-state index in [9.17, 15) is 5.11 Å². The van der Waals surface area contributed by atoms with Crippen molar-refractivity contribution in [2.24, 2.45) is 0 Å². The SMILES string of the molecule is CC(C)c1nc(-c2ccc(N)c(O)c2)n[nH]1. The number of benzene rings is 1. The van der Waals surface area contributed by atoms with Crippen LogP contribution in [0.2, 0.25) is 0 Å². The molecule has 0 radical (unpaired) electrons. The second kappa shape index (κ2) is 3.84. The van der Waals surface area contributed by atoms with E-state index < -0.39 is 0 Å². The van der Waals surface area contributed by atoms with E-state index in [1.54, 1.807) is 18.2 Å². The molecule has 0 saturated heterocycles. The van der Waals surface area contributed by atoms with Crippen molar-refractivity contribution in [3.8, 4) is 17.1 Å². The Hall–Kier alpha value is -2.04. The summed E-state index contributed by atoms with van der Waals surface area (Å²) >= 11 is 0. The number of phenolic OH excluding ortho intramolecular Hbond substituents is 1. The largest absolute Gasteiger partial charge is 0.506 e. The molecule has 1 heterocycles. The zero-order valence-corrected chi connectivity index (χ0v) is 9.23. The first kappa shape index (κ1) is 10.5. The minimum atomic E-state index is 0.0494. The van der Waals surface area contributed by atoms with Gasteiger partial charge in [0.15, 0.2) is 5.82 Å². The van der Waals surface area contributed by atoms with Crippen molar-refractivity contribution in [1.82, 2.24) is 15.2 Å². The van der Waals surface area contributed by atoms with Gasteiger partial charge >= 0.3 is 0 Å². The van der Waals surface area contributed by atoms with Crippen LogP contribution in [0.3, 0.4) is 0 Å². The summed E-state index contributed by atoms with van der Waals surface area (Å²) in [6.07, 6.45) is 0. The third kappa shape index (κ3) is 1.84. The quantitative estimate of drug-likeness (QED) is 0.530. The number of nitrogens with zero attached hydrogens (tertiary/aromatic N) is 2. The molecule has 0 unspecified atom stereocenters. The van der Waals surface area contributed by atoms with Crippen molar-refractivity contribution in [1.29, 1.82) is 0 Å². The molecule has 84 valence electrons. The molecule has 16 heavy (non-hydrogen) atoms. The molecule has 0 amide bonds. The van der Waals surface area contributed by atoms with Crippen LogP contribution in [0.5, 0.6) is 5.75 Å². The molecule has 5 heteroatoms. The number of aromatic amines is 1. The van der Waals surface area contributed by atoms with Gasteiger partial charge in [0.2, 0.25) is 0 Å². The van der Waals surface area contributed by atoms with E-state index in [2.05, 4.69) is 15.2 Å². The van der Waals surface area contributed by atoms with E-state index >= 15 is 0 Å². The van der Waals surface area contributed by atoms with Crippen LogP contribution in [-0.4, -0.2) is 20.3 Å². The van der Waals surface area contributed by atoms with Gasteiger partial charge in [0, 0.05) is 11.5 Å². The normalized spacial score (nSPS) is 10.9. The maximum atomic E-state index is 9.49. The van der Waals surface area contributed by atoms with Crippen LogP contribution in [0.15, 0.2) is 18.2 Å². The maximum Gasteiger partial charge on any atom is 0.181 e. The molecule has 0 saturated carbocycles. The number of anilines is 1. The molecule has 0 aliphatic rings. The number of nitrogen functional groups attached to an aromatic ring is 1. The van der Waals surface area contributed by atoms with Crippen LogP contribution >= 0.6 is 0 Å². The number of aromatic hydroxyl groups is 1. The van der Waals surface area contributed by atoms with Crippen molar-refractivity contribution in [3.05, 3.63) is 24.0 Å². The van der Waals surface area contributed by atoms with Gasteiger partial charge in [-0.1, -0.05) is 13.8 Å². The molecule has 0 spiro atoms. The molecule has 1 aromatic carbocycles. The van der Waals surface area contributed by atoms with Gasteiger partial charge < -0.3 is 10.8 Å². The van der Waals surface area contributed by atoms with Gasteiger partial charge in [-0.3, -0.25) is 5.10 Å². The van der Waals surface area contributed by atoms with Gasteiger partial charge in [0.25, 0.3) is 0 Å². The zero-order valence-electron chi connectivity index (χ0n) is 9.23. The zero-order chi connectivity index (χ0) is 11.7. The molecule has 2 aromatic rings.